The van der Waals surface area contributed by atoms with Crippen LogP contribution in [0.4, 0.5) is 8.78 Å². The Balaban J connectivity index is 1.30. The molecule has 1 saturated heterocycles. The SMILES string of the molecule is Cc1cnc(C(=O)NC2CCN(C[C@H](O)c3ccc4c(c3C)COC4=O)CC2)cc1OC(F)F. The molecule has 34 heavy (non-hydrogen) atoms. The molecule has 0 radical (unpaired) electrons. The number of fused-ring (bicyclic) bond motifs is 1. The quantitative estimate of drug-likeness (QED) is 0.594. The number of nitrogens with zero attached hydrogens (tertiary/aromatic N) is 2. The Hall–Kier alpha value is -3.11. The van der Waals surface area contributed by atoms with Gasteiger partial charge in [-0.25, -0.2) is 4.79 Å². The molecule has 1 aromatic heterocycles. The van der Waals surface area contributed by atoms with Gasteiger partial charge >= 0.3 is 12.6 Å². The van der Waals surface area contributed by atoms with E-state index < -0.39 is 18.6 Å². The number of hydrogen-bond acceptors (Lipinski definition) is 7. The third kappa shape index (κ3) is 5.18. The van der Waals surface area contributed by atoms with Gasteiger partial charge in [0.1, 0.15) is 18.1 Å². The van der Waals surface area contributed by atoms with Crippen molar-refractivity contribution in [3.8, 4) is 5.75 Å². The second-order valence-electron chi connectivity index (χ2n) is 8.66. The average Bonchev–Trinajstić information content (AvgIpc) is 3.18. The number of nitrogens with one attached hydrogen (secondary N) is 1. The summed E-state index contributed by atoms with van der Waals surface area (Å²) >= 11 is 0. The average molecular weight is 475 g/mol. The number of carbonyl (C=O) groups is 2. The largest absolute Gasteiger partial charge is 0.457 e. The molecule has 0 spiro atoms. The first-order chi connectivity index (χ1) is 16.2. The lowest BCUT2D eigenvalue weighted by atomic mass is 9.94. The van der Waals surface area contributed by atoms with Crippen LogP contribution in [0.5, 0.6) is 5.75 Å². The van der Waals surface area contributed by atoms with Crippen LogP contribution in [0.3, 0.4) is 0 Å². The Kier molecular flexibility index (Phi) is 7.08. The number of aliphatic hydroxyl groups excluding tert-OH is 1. The highest BCUT2D eigenvalue weighted by Crippen LogP contribution is 2.30. The smallest absolute Gasteiger partial charge is 0.387 e. The van der Waals surface area contributed by atoms with E-state index >= 15 is 0 Å². The lowest BCUT2D eigenvalue weighted by Gasteiger charge is -2.33. The molecule has 1 atom stereocenters. The summed E-state index contributed by atoms with van der Waals surface area (Å²) < 4.78 is 34.6. The maximum absolute atomic E-state index is 12.6. The van der Waals surface area contributed by atoms with Crippen LogP contribution >= 0.6 is 0 Å². The van der Waals surface area contributed by atoms with Crippen LogP contribution in [0.2, 0.25) is 0 Å². The Morgan fingerprint density at radius 1 is 1.32 bits per heavy atom. The molecular formula is C24H27F2N3O5. The number of alkyl halides is 2. The van der Waals surface area contributed by atoms with Crippen LogP contribution in [0.1, 0.15) is 62.0 Å². The summed E-state index contributed by atoms with van der Waals surface area (Å²) in [5.41, 5.74) is 3.48. The van der Waals surface area contributed by atoms with E-state index in [0.29, 0.717) is 43.6 Å². The highest BCUT2D eigenvalue weighted by Gasteiger charge is 2.28. The number of pyridine rings is 1. The molecule has 182 valence electrons. The fourth-order valence-corrected chi connectivity index (χ4v) is 4.44. The van der Waals surface area contributed by atoms with E-state index in [-0.39, 0.29) is 30.1 Å². The minimum Gasteiger partial charge on any atom is -0.457 e. The van der Waals surface area contributed by atoms with Crippen molar-refractivity contribution in [3.05, 3.63) is 57.9 Å². The molecule has 4 rings (SSSR count). The number of benzene rings is 1. The molecule has 0 bridgehead atoms. The number of carbonyl (C=O) groups excluding carboxylic acids is 2. The number of cyclic esters (lactones) is 1. The minimum atomic E-state index is -2.98. The number of amides is 1. The monoisotopic (exact) mass is 475 g/mol. The number of esters is 1. The topological polar surface area (TPSA) is 101 Å². The highest BCUT2D eigenvalue weighted by atomic mass is 19.3. The zero-order chi connectivity index (χ0) is 24.4. The van der Waals surface area contributed by atoms with Crippen molar-refractivity contribution >= 4 is 11.9 Å². The highest BCUT2D eigenvalue weighted by molar-refractivity contribution is 5.94. The van der Waals surface area contributed by atoms with Gasteiger partial charge < -0.3 is 24.8 Å². The molecule has 2 aliphatic heterocycles. The van der Waals surface area contributed by atoms with Gasteiger partial charge in [-0.1, -0.05) is 6.07 Å². The van der Waals surface area contributed by atoms with Crippen LogP contribution in [0.15, 0.2) is 24.4 Å². The maximum Gasteiger partial charge on any atom is 0.387 e. The standard InChI is InChI=1S/C24H27F2N3O5/c1-13-10-27-19(9-21(13)34-24(25)26)22(31)28-15-5-7-29(8-6-15)11-20(30)16-3-4-17-18(14(16)2)12-33-23(17)32/h3-4,9-10,15,20,24,30H,5-8,11-12H2,1-2H3,(H,28,31)/t20-/m0/s1. The van der Waals surface area contributed by atoms with Gasteiger partial charge in [0.15, 0.2) is 0 Å². The normalized spacial score (nSPS) is 17.4. The molecule has 2 aliphatic rings. The predicted octanol–water partition coefficient (Wildman–Crippen LogP) is 2.90. The lowest BCUT2D eigenvalue weighted by Crippen LogP contribution is -2.45. The van der Waals surface area contributed by atoms with Gasteiger partial charge in [0, 0.05) is 49.1 Å². The van der Waals surface area contributed by atoms with Crippen molar-refractivity contribution in [2.24, 2.45) is 0 Å². The second-order valence-corrected chi connectivity index (χ2v) is 8.66. The predicted molar refractivity (Wildman–Crippen MR) is 118 cm³/mol. The van der Waals surface area contributed by atoms with E-state index in [2.05, 4.69) is 19.9 Å². The van der Waals surface area contributed by atoms with Crippen LogP contribution in [-0.4, -0.2) is 59.2 Å². The van der Waals surface area contributed by atoms with Crippen LogP contribution in [0.25, 0.3) is 0 Å². The number of aryl methyl sites for hydroxylation is 1. The van der Waals surface area contributed by atoms with Crippen molar-refractivity contribution < 1.29 is 33.0 Å². The number of piperidine rings is 1. The molecular weight excluding hydrogens is 448 g/mol. The van der Waals surface area contributed by atoms with Gasteiger partial charge in [0.25, 0.3) is 5.91 Å². The molecule has 2 N–H and O–H groups in total. The number of rotatable bonds is 7. The third-order valence-electron chi connectivity index (χ3n) is 6.42. The Morgan fingerprint density at radius 2 is 2.06 bits per heavy atom. The van der Waals surface area contributed by atoms with Crippen molar-refractivity contribution in [3.63, 3.8) is 0 Å². The van der Waals surface area contributed by atoms with E-state index in [1.165, 1.54) is 12.3 Å². The first-order valence-electron chi connectivity index (χ1n) is 11.1. The van der Waals surface area contributed by atoms with Crippen LogP contribution in [-0.2, 0) is 11.3 Å². The van der Waals surface area contributed by atoms with Crippen molar-refractivity contribution in [2.45, 2.75) is 52.1 Å². The summed E-state index contributed by atoms with van der Waals surface area (Å²) in [5.74, 6) is -0.846. The summed E-state index contributed by atoms with van der Waals surface area (Å²) in [5, 5.41) is 13.7. The summed E-state index contributed by atoms with van der Waals surface area (Å²) in [6.07, 6.45) is 1.98. The number of aromatic nitrogens is 1. The summed E-state index contributed by atoms with van der Waals surface area (Å²) in [7, 11) is 0. The number of β-amino-alcohol motifs (C(OH)–C–C–N with tert-alkyl or cyclic N) is 1. The number of hydrogen-bond donors (Lipinski definition) is 2. The Bertz CT molecular complexity index is 1090. The van der Waals surface area contributed by atoms with Crippen LogP contribution < -0.4 is 10.1 Å². The van der Waals surface area contributed by atoms with E-state index in [0.717, 1.165) is 16.7 Å². The van der Waals surface area contributed by atoms with Crippen molar-refractivity contribution in [1.29, 1.82) is 0 Å². The summed E-state index contributed by atoms with van der Waals surface area (Å²) in [6, 6.07) is 4.61. The molecule has 0 aliphatic carbocycles. The third-order valence-corrected chi connectivity index (χ3v) is 6.42. The van der Waals surface area contributed by atoms with Crippen molar-refractivity contribution in [2.75, 3.05) is 19.6 Å². The minimum absolute atomic E-state index is 0.0219. The first-order valence-corrected chi connectivity index (χ1v) is 11.1. The zero-order valence-corrected chi connectivity index (χ0v) is 19.0. The fraction of sp³-hybridized carbons (Fsp3) is 0.458. The number of aliphatic hydroxyl groups is 1. The van der Waals surface area contributed by atoms with Gasteiger partial charge in [-0.15, -0.1) is 0 Å². The van der Waals surface area contributed by atoms with E-state index in [1.807, 2.05) is 6.92 Å². The van der Waals surface area contributed by atoms with Gasteiger partial charge in [-0.05, 0) is 43.9 Å². The van der Waals surface area contributed by atoms with Crippen LogP contribution in [0, 0.1) is 13.8 Å². The molecule has 1 fully saturated rings. The van der Waals surface area contributed by atoms with Gasteiger partial charge in [-0.3, -0.25) is 9.78 Å². The molecule has 10 heteroatoms. The van der Waals surface area contributed by atoms with E-state index in [4.69, 9.17) is 4.74 Å². The Labute approximate surface area is 195 Å². The molecule has 2 aromatic rings. The molecule has 1 aromatic carbocycles. The van der Waals surface area contributed by atoms with Gasteiger partial charge in [0.05, 0.1) is 11.7 Å². The molecule has 3 heterocycles. The van der Waals surface area contributed by atoms with Crippen molar-refractivity contribution in [1.82, 2.24) is 15.2 Å². The number of ether oxygens (including phenoxy) is 2. The van der Waals surface area contributed by atoms with Gasteiger partial charge in [-0.2, -0.15) is 8.78 Å². The first kappa shape index (κ1) is 24.0. The fourth-order valence-electron chi connectivity index (χ4n) is 4.44. The molecule has 0 saturated carbocycles. The molecule has 8 nitrogen and oxygen atoms in total. The van der Waals surface area contributed by atoms with E-state index in [1.54, 1.807) is 19.1 Å². The number of likely N-dealkylation sites (tertiary alicyclic amines) is 1. The second kappa shape index (κ2) is 10.0. The summed E-state index contributed by atoms with van der Waals surface area (Å²) in [4.78, 5) is 30.4. The van der Waals surface area contributed by atoms with Gasteiger partial charge in [0.2, 0.25) is 0 Å². The zero-order valence-electron chi connectivity index (χ0n) is 19.0. The summed E-state index contributed by atoms with van der Waals surface area (Å²) in [6.45, 7) is 2.50. The Morgan fingerprint density at radius 3 is 2.76 bits per heavy atom. The lowest BCUT2D eigenvalue weighted by molar-refractivity contribution is -0.0504. The molecule has 0 unspecified atom stereocenters. The van der Waals surface area contributed by atoms with E-state index in [9.17, 15) is 23.5 Å². The maximum atomic E-state index is 12.6. The number of halogens is 2. The molecule has 1 amide bonds.